The monoisotopic (exact) mass is 393 g/mol. The number of hydrogen-bond donors (Lipinski definition) is 0. The van der Waals surface area contributed by atoms with Crippen LogP contribution in [-0.4, -0.2) is 50.7 Å². The van der Waals surface area contributed by atoms with Crippen LogP contribution in [0.3, 0.4) is 0 Å². The molecule has 0 radical (unpaired) electrons. The van der Waals surface area contributed by atoms with Crippen LogP contribution in [0.1, 0.15) is 38.4 Å². The Bertz CT molecular complexity index is 965. The maximum Gasteiger partial charge on any atom is 0.0958 e. The van der Waals surface area contributed by atoms with E-state index in [1.807, 2.05) is 31.7 Å². The van der Waals surface area contributed by atoms with Gasteiger partial charge in [-0.15, -0.1) is 0 Å². The lowest BCUT2D eigenvalue weighted by atomic mass is 9.87. The van der Waals surface area contributed by atoms with E-state index in [-0.39, 0.29) is 11.0 Å². The van der Waals surface area contributed by atoms with Crippen LogP contribution >= 0.6 is 0 Å². The number of pyridine rings is 2. The van der Waals surface area contributed by atoms with Gasteiger partial charge in [0, 0.05) is 48.7 Å². The molecular weight excluding hydrogens is 362 g/mol. The zero-order chi connectivity index (χ0) is 20.5. The van der Waals surface area contributed by atoms with Gasteiger partial charge in [0.2, 0.25) is 0 Å². The minimum Gasteiger partial charge on any atom is -0.381 e. The van der Waals surface area contributed by atoms with Crippen molar-refractivity contribution < 1.29 is 4.74 Å². The van der Waals surface area contributed by atoms with E-state index in [1.165, 1.54) is 5.56 Å². The van der Waals surface area contributed by atoms with Gasteiger partial charge in [-0.1, -0.05) is 6.07 Å². The molecule has 29 heavy (non-hydrogen) atoms. The van der Waals surface area contributed by atoms with Crippen LogP contribution in [0, 0.1) is 12.3 Å². The zero-order valence-corrected chi connectivity index (χ0v) is 17.9. The molecule has 1 unspecified atom stereocenters. The van der Waals surface area contributed by atoms with Crippen molar-refractivity contribution in [1.29, 1.82) is 0 Å². The van der Waals surface area contributed by atoms with Crippen LogP contribution in [0.2, 0.25) is 0 Å². The average Bonchev–Trinajstić information content (AvgIpc) is 3.33. The van der Waals surface area contributed by atoms with Gasteiger partial charge < -0.3 is 9.30 Å². The van der Waals surface area contributed by atoms with Crippen LogP contribution in [0.15, 0.2) is 43.1 Å². The highest BCUT2D eigenvalue weighted by Gasteiger charge is 2.44. The van der Waals surface area contributed by atoms with Crippen molar-refractivity contribution in [3.8, 4) is 0 Å². The van der Waals surface area contributed by atoms with Crippen molar-refractivity contribution in [1.82, 2.24) is 24.4 Å². The Morgan fingerprint density at radius 3 is 2.79 bits per heavy atom. The first kappa shape index (κ1) is 20.0. The van der Waals surface area contributed by atoms with Crippen molar-refractivity contribution in [2.24, 2.45) is 5.41 Å². The molecule has 0 spiro atoms. The Hall–Kier alpha value is -2.31. The van der Waals surface area contributed by atoms with E-state index in [0.29, 0.717) is 0 Å². The average molecular weight is 394 g/mol. The molecule has 1 atom stereocenters. The lowest BCUT2D eigenvalue weighted by Gasteiger charge is -2.38. The lowest BCUT2D eigenvalue weighted by Crippen LogP contribution is -2.43. The second-order valence-corrected chi connectivity index (χ2v) is 8.79. The fourth-order valence-electron chi connectivity index (χ4n) is 4.43. The van der Waals surface area contributed by atoms with E-state index < -0.39 is 0 Å². The Balaban J connectivity index is 1.60. The molecule has 0 saturated carbocycles. The molecule has 0 N–H and O–H groups in total. The smallest absolute Gasteiger partial charge is 0.0958 e. The number of imidazole rings is 1. The number of likely N-dealkylation sites (tertiary alicyclic amines) is 1. The molecule has 154 valence electrons. The van der Waals surface area contributed by atoms with E-state index in [4.69, 9.17) is 4.74 Å². The Kier molecular flexibility index (Phi) is 5.40. The topological polar surface area (TPSA) is 56.1 Å². The van der Waals surface area contributed by atoms with Gasteiger partial charge >= 0.3 is 0 Å². The molecule has 6 heteroatoms. The van der Waals surface area contributed by atoms with Crippen molar-refractivity contribution >= 4 is 11.0 Å². The Morgan fingerprint density at radius 2 is 2.03 bits per heavy atom. The minimum atomic E-state index is -0.0762. The van der Waals surface area contributed by atoms with Crippen molar-refractivity contribution in [2.45, 2.75) is 46.2 Å². The second kappa shape index (κ2) is 7.84. The van der Waals surface area contributed by atoms with Crippen LogP contribution in [0.4, 0.5) is 0 Å². The predicted octanol–water partition coefficient (Wildman–Crippen LogP) is 3.80. The molecule has 4 rings (SSSR count). The van der Waals surface area contributed by atoms with Crippen LogP contribution in [0.5, 0.6) is 0 Å². The van der Waals surface area contributed by atoms with E-state index in [0.717, 1.165) is 56.0 Å². The number of hydrogen-bond acceptors (Lipinski definition) is 5. The highest BCUT2D eigenvalue weighted by atomic mass is 16.5. The van der Waals surface area contributed by atoms with Gasteiger partial charge in [0.1, 0.15) is 0 Å². The summed E-state index contributed by atoms with van der Waals surface area (Å²) in [6.45, 7) is 13.1. The maximum absolute atomic E-state index is 5.98. The third-order valence-electron chi connectivity index (χ3n) is 6.39. The van der Waals surface area contributed by atoms with Gasteiger partial charge in [-0.3, -0.25) is 14.9 Å². The van der Waals surface area contributed by atoms with E-state index >= 15 is 0 Å². The number of rotatable bonds is 7. The molecule has 1 aliphatic heterocycles. The summed E-state index contributed by atoms with van der Waals surface area (Å²) < 4.78 is 8.22. The fraction of sp³-hybridized carbons (Fsp3) is 0.522. The van der Waals surface area contributed by atoms with E-state index in [1.54, 1.807) is 6.20 Å². The molecule has 1 aliphatic rings. The minimum absolute atomic E-state index is 0.0505. The number of nitrogens with zero attached hydrogens (tertiary/aromatic N) is 5. The summed E-state index contributed by atoms with van der Waals surface area (Å²) in [7, 11) is 0. The lowest BCUT2D eigenvalue weighted by molar-refractivity contribution is 0.0339. The summed E-state index contributed by atoms with van der Waals surface area (Å²) >= 11 is 0. The molecule has 0 amide bonds. The van der Waals surface area contributed by atoms with Crippen molar-refractivity contribution in [2.75, 3.05) is 26.3 Å². The number of fused-ring (bicyclic) bond motifs is 1. The molecule has 0 aromatic carbocycles. The van der Waals surface area contributed by atoms with Gasteiger partial charge in [0.05, 0.1) is 30.2 Å². The molecule has 4 heterocycles. The SMILES string of the molecule is CCOCC1(Cn2cnc3ccncc32)CCN(C(C)(C)c2ccc(C)nc2)C1. The van der Waals surface area contributed by atoms with Gasteiger partial charge in [0.25, 0.3) is 0 Å². The van der Waals surface area contributed by atoms with Crippen LogP contribution in [-0.2, 0) is 16.8 Å². The fourth-order valence-corrected chi connectivity index (χ4v) is 4.43. The molecule has 3 aromatic rings. The summed E-state index contributed by atoms with van der Waals surface area (Å²) in [6.07, 6.45) is 8.76. The predicted molar refractivity (Wildman–Crippen MR) is 115 cm³/mol. The third kappa shape index (κ3) is 3.91. The second-order valence-electron chi connectivity index (χ2n) is 8.79. The molecule has 1 fully saturated rings. The first-order valence-electron chi connectivity index (χ1n) is 10.4. The number of aryl methyl sites for hydroxylation is 1. The number of aromatic nitrogens is 4. The van der Waals surface area contributed by atoms with Crippen molar-refractivity contribution in [3.05, 3.63) is 54.4 Å². The molecule has 0 bridgehead atoms. The molecular formula is C23H31N5O. The normalized spacial score (nSPS) is 20.6. The molecule has 0 aliphatic carbocycles. The van der Waals surface area contributed by atoms with E-state index in [9.17, 15) is 0 Å². The first-order valence-corrected chi connectivity index (χ1v) is 10.4. The van der Waals surface area contributed by atoms with Crippen LogP contribution < -0.4 is 0 Å². The third-order valence-corrected chi connectivity index (χ3v) is 6.39. The summed E-state index contributed by atoms with van der Waals surface area (Å²) in [4.78, 5) is 16.0. The number of ether oxygens (including phenoxy) is 1. The van der Waals surface area contributed by atoms with Gasteiger partial charge in [-0.25, -0.2) is 4.98 Å². The summed E-state index contributed by atoms with van der Waals surface area (Å²) in [5, 5.41) is 0. The molecule has 3 aromatic heterocycles. The highest BCUT2D eigenvalue weighted by Crippen LogP contribution is 2.40. The van der Waals surface area contributed by atoms with Gasteiger partial charge in [-0.2, -0.15) is 0 Å². The van der Waals surface area contributed by atoms with Crippen LogP contribution in [0.25, 0.3) is 11.0 Å². The first-order chi connectivity index (χ1) is 13.9. The highest BCUT2D eigenvalue weighted by molar-refractivity contribution is 5.73. The van der Waals surface area contributed by atoms with E-state index in [2.05, 4.69) is 57.3 Å². The van der Waals surface area contributed by atoms with Gasteiger partial charge in [-0.05, 0) is 58.4 Å². The maximum atomic E-state index is 5.98. The standard InChI is InChI=1S/C23H31N5O/c1-5-29-16-23(14-27-17-26-20-8-10-24-13-21(20)27)9-11-28(15-23)22(3,4)19-7-6-18(2)25-12-19/h6-8,10,12-13,17H,5,9,11,14-16H2,1-4H3. The van der Waals surface area contributed by atoms with Gasteiger partial charge in [0.15, 0.2) is 0 Å². The summed E-state index contributed by atoms with van der Waals surface area (Å²) in [6, 6.07) is 6.28. The molecule has 1 saturated heterocycles. The molecule has 6 nitrogen and oxygen atoms in total. The zero-order valence-electron chi connectivity index (χ0n) is 17.9. The summed E-state index contributed by atoms with van der Waals surface area (Å²) in [5.74, 6) is 0. The Labute approximate surface area is 172 Å². The quantitative estimate of drug-likeness (QED) is 0.611. The largest absolute Gasteiger partial charge is 0.381 e. The summed E-state index contributed by atoms with van der Waals surface area (Å²) in [5.41, 5.74) is 4.36. The Morgan fingerprint density at radius 1 is 1.17 bits per heavy atom. The van der Waals surface area contributed by atoms with Crippen molar-refractivity contribution in [3.63, 3.8) is 0 Å².